The summed E-state index contributed by atoms with van der Waals surface area (Å²) >= 11 is 0. The quantitative estimate of drug-likeness (QED) is 0.823. The van der Waals surface area contributed by atoms with Crippen molar-refractivity contribution < 1.29 is 9.53 Å². The van der Waals surface area contributed by atoms with Crippen molar-refractivity contribution in [2.24, 2.45) is 17.3 Å². The van der Waals surface area contributed by atoms with Crippen molar-refractivity contribution in [3.63, 3.8) is 0 Å². The van der Waals surface area contributed by atoms with Crippen molar-refractivity contribution in [2.75, 3.05) is 6.61 Å². The number of aromatic amines is 1. The monoisotopic (exact) mass is 336 g/mol. The number of nitrogens with one attached hydrogen (secondary N) is 1. The number of fused-ring (bicyclic) bond motifs is 1. The number of H-pyrrole nitrogens is 1. The molecule has 2 aromatic rings. The Morgan fingerprint density at radius 1 is 1.32 bits per heavy atom. The van der Waals surface area contributed by atoms with Gasteiger partial charge in [-0.15, -0.1) is 0 Å². The van der Waals surface area contributed by atoms with E-state index in [4.69, 9.17) is 4.74 Å². The Balaban J connectivity index is 1.82. The second kappa shape index (κ2) is 5.87. The highest BCUT2D eigenvalue weighted by molar-refractivity contribution is 6.01. The van der Waals surface area contributed by atoms with E-state index in [1.165, 1.54) is 12.0 Å². The molecule has 1 N–H and O–H groups in total. The van der Waals surface area contributed by atoms with Crippen LogP contribution in [0, 0.1) is 17.3 Å². The van der Waals surface area contributed by atoms with E-state index in [1.54, 1.807) is 0 Å². The van der Waals surface area contributed by atoms with Gasteiger partial charge in [-0.3, -0.25) is 5.10 Å². The molecule has 0 spiro atoms. The minimum absolute atomic E-state index is 0.286. The van der Waals surface area contributed by atoms with Crippen LogP contribution in [-0.4, -0.2) is 22.8 Å². The summed E-state index contributed by atoms with van der Waals surface area (Å²) in [5, 5.41) is 7.65. The van der Waals surface area contributed by atoms with Gasteiger partial charge in [0.15, 0.2) is 0 Å². The topological polar surface area (TPSA) is 55.0 Å². The Labute approximate surface area is 148 Å². The number of benzene rings is 1. The van der Waals surface area contributed by atoms with Crippen LogP contribution in [0.4, 0.5) is 0 Å². The molecule has 1 heterocycles. The van der Waals surface area contributed by atoms with Gasteiger partial charge in [-0.05, 0) is 42.6 Å². The number of allylic oxidation sites excluding steroid dienone is 2. The number of nitrogens with zero attached hydrogens (tertiary/aromatic N) is 1. The molecule has 0 saturated heterocycles. The van der Waals surface area contributed by atoms with Gasteiger partial charge in [-0.1, -0.05) is 50.3 Å². The zero-order chi connectivity index (χ0) is 17.6. The molecule has 2 atom stereocenters. The van der Waals surface area contributed by atoms with Crippen LogP contribution in [0.25, 0.3) is 16.8 Å². The van der Waals surface area contributed by atoms with Gasteiger partial charge < -0.3 is 4.74 Å². The highest BCUT2D eigenvalue weighted by atomic mass is 16.5. The fraction of sp³-hybridized carbons (Fsp3) is 0.429. The summed E-state index contributed by atoms with van der Waals surface area (Å²) in [4.78, 5) is 12.7. The number of esters is 1. The van der Waals surface area contributed by atoms with Gasteiger partial charge in [-0.25, -0.2) is 4.79 Å². The normalized spacial score (nSPS) is 23.6. The van der Waals surface area contributed by atoms with E-state index in [-0.39, 0.29) is 11.4 Å². The molecule has 3 aliphatic rings. The van der Waals surface area contributed by atoms with Crippen molar-refractivity contribution >= 4 is 11.5 Å². The first-order valence-corrected chi connectivity index (χ1v) is 9.05. The van der Waals surface area contributed by atoms with Gasteiger partial charge in [0, 0.05) is 5.56 Å². The number of hydrogen-bond donors (Lipinski definition) is 1. The maximum atomic E-state index is 12.7. The van der Waals surface area contributed by atoms with Crippen LogP contribution >= 0.6 is 0 Å². The molecule has 0 amide bonds. The molecule has 1 fully saturated rings. The standard InChI is InChI=1S/C21H24N2O2/c1-4-25-20(24)17-18(13-8-6-5-7-9-13)22-23-19(17)15-11-10-14-12-16(15)21(14,2)3/h5-9,11,14,16H,4,10,12H2,1-3H3,(H,22,23)/t14-,16-/m0/s1. The predicted molar refractivity (Wildman–Crippen MR) is 98.0 cm³/mol. The van der Waals surface area contributed by atoms with Crippen LogP contribution in [-0.2, 0) is 4.74 Å². The molecule has 0 unspecified atom stereocenters. The molecular formula is C21H24N2O2. The lowest BCUT2D eigenvalue weighted by atomic mass is 9.48. The second-order valence-corrected chi connectivity index (χ2v) is 7.61. The lowest BCUT2D eigenvalue weighted by molar-refractivity contribution is 0.0109. The lowest BCUT2D eigenvalue weighted by Crippen LogP contribution is -2.47. The Bertz CT molecular complexity index is 833. The minimum Gasteiger partial charge on any atom is -0.462 e. The molecule has 4 heteroatoms. The van der Waals surface area contributed by atoms with E-state index in [9.17, 15) is 4.79 Å². The van der Waals surface area contributed by atoms with Gasteiger partial charge >= 0.3 is 5.97 Å². The minimum atomic E-state index is -0.301. The van der Waals surface area contributed by atoms with Crippen LogP contribution in [0.1, 0.15) is 49.7 Å². The Hall–Kier alpha value is -2.36. The van der Waals surface area contributed by atoms with Crippen molar-refractivity contribution in [1.82, 2.24) is 10.2 Å². The third kappa shape index (κ3) is 2.43. The van der Waals surface area contributed by atoms with Crippen molar-refractivity contribution in [2.45, 2.75) is 33.6 Å². The third-order valence-electron chi connectivity index (χ3n) is 6.05. The number of ether oxygens (including phenoxy) is 1. The average molecular weight is 336 g/mol. The molecule has 130 valence electrons. The van der Waals surface area contributed by atoms with Crippen LogP contribution in [0.15, 0.2) is 36.4 Å². The molecular weight excluding hydrogens is 312 g/mol. The molecule has 2 bridgehead atoms. The number of rotatable bonds is 4. The lowest BCUT2D eigenvalue weighted by Gasteiger charge is -2.56. The van der Waals surface area contributed by atoms with E-state index in [1.807, 2.05) is 37.3 Å². The van der Waals surface area contributed by atoms with Gasteiger partial charge in [-0.2, -0.15) is 5.10 Å². The first kappa shape index (κ1) is 16.1. The SMILES string of the molecule is CCOC(=O)c1c(-c2ccccc2)n[nH]c1C1=CC[C@H]2C[C@@H]1C2(C)C. The van der Waals surface area contributed by atoms with Gasteiger partial charge in [0.05, 0.1) is 12.3 Å². The molecule has 0 radical (unpaired) electrons. The highest BCUT2D eigenvalue weighted by Gasteiger charge is 2.52. The number of carbonyl (C=O) groups excluding carboxylic acids is 1. The van der Waals surface area contributed by atoms with E-state index in [2.05, 4.69) is 30.1 Å². The Morgan fingerprint density at radius 2 is 2.08 bits per heavy atom. The molecule has 5 rings (SSSR count). The largest absolute Gasteiger partial charge is 0.462 e. The summed E-state index contributed by atoms with van der Waals surface area (Å²) in [6.45, 7) is 6.85. The Morgan fingerprint density at radius 3 is 2.72 bits per heavy atom. The number of carbonyl (C=O) groups is 1. The van der Waals surface area contributed by atoms with Crippen molar-refractivity contribution in [1.29, 1.82) is 0 Å². The summed E-state index contributed by atoms with van der Waals surface area (Å²) in [5.74, 6) is 0.928. The van der Waals surface area contributed by atoms with Crippen molar-refractivity contribution in [3.05, 3.63) is 47.7 Å². The first-order chi connectivity index (χ1) is 12.0. The van der Waals surface area contributed by atoms with Gasteiger partial charge in [0.1, 0.15) is 11.3 Å². The van der Waals surface area contributed by atoms with E-state index >= 15 is 0 Å². The smallest absolute Gasteiger partial charge is 0.342 e. The van der Waals surface area contributed by atoms with E-state index < -0.39 is 0 Å². The zero-order valence-electron chi connectivity index (χ0n) is 15.0. The molecule has 25 heavy (non-hydrogen) atoms. The van der Waals surface area contributed by atoms with Crippen LogP contribution in [0.3, 0.4) is 0 Å². The molecule has 4 nitrogen and oxygen atoms in total. The summed E-state index contributed by atoms with van der Waals surface area (Å²) in [6, 6.07) is 9.82. The third-order valence-corrected chi connectivity index (χ3v) is 6.05. The molecule has 1 aromatic heterocycles. The predicted octanol–water partition coefficient (Wildman–Crippen LogP) is 4.70. The van der Waals surface area contributed by atoms with E-state index in [0.717, 1.165) is 23.6 Å². The molecule has 0 aliphatic heterocycles. The fourth-order valence-electron chi connectivity index (χ4n) is 4.39. The van der Waals surface area contributed by atoms with Crippen LogP contribution < -0.4 is 0 Å². The van der Waals surface area contributed by atoms with Gasteiger partial charge in [0.2, 0.25) is 0 Å². The summed E-state index contributed by atoms with van der Waals surface area (Å²) in [6.07, 6.45) is 4.55. The molecule has 3 aliphatic carbocycles. The van der Waals surface area contributed by atoms with Crippen molar-refractivity contribution in [3.8, 4) is 11.3 Å². The Kier molecular flexibility index (Phi) is 3.78. The summed E-state index contributed by atoms with van der Waals surface area (Å²) in [5.41, 5.74) is 4.53. The van der Waals surface area contributed by atoms with Crippen LogP contribution in [0.2, 0.25) is 0 Å². The number of aromatic nitrogens is 2. The maximum Gasteiger partial charge on any atom is 0.342 e. The number of hydrogen-bond acceptors (Lipinski definition) is 3. The molecule has 1 aromatic carbocycles. The fourth-order valence-corrected chi connectivity index (χ4v) is 4.39. The molecule has 1 saturated carbocycles. The van der Waals surface area contributed by atoms with Crippen LogP contribution in [0.5, 0.6) is 0 Å². The zero-order valence-corrected chi connectivity index (χ0v) is 15.0. The average Bonchev–Trinajstić information content (AvgIpc) is 3.07. The first-order valence-electron chi connectivity index (χ1n) is 9.05. The van der Waals surface area contributed by atoms with E-state index in [0.29, 0.717) is 23.8 Å². The highest BCUT2D eigenvalue weighted by Crippen LogP contribution is 2.61. The maximum absolute atomic E-state index is 12.7. The van der Waals surface area contributed by atoms with Gasteiger partial charge in [0.25, 0.3) is 0 Å². The summed E-state index contributed by atoms with van der Waals surface area (Å²) in [7, 11) is 0. The summed E-state index contributed by atoms with van der Waals surface area (Å²) < 4.78 is 5.35. The second-order valence-electron chi connectivity index (χ2n) is 7.61.